The minimum Gasteiger partial charge on any atom is -0.326 e. The predicted octanol–water partition coefficient (Wildman–Crippen LogP) is 3.50. The highest BCUT2D eigenvalue weighted by atomic mass is 32.1. The third-order valence-corrected chi connectivity index (χ3v) is 4.95. The first kappa shape index (κ1) is 14.0. The summed E-state index contributed by atoms with van der Waals surface area (Å²) in [4.78, 5) is 4.06. The van der Waals surface area contributed by atoms with E-state index in [0.29, 0.717) is 6.04 Å². The van der Waals surface area contributed by atoms with E-state index in [1.54, 1.807) is 0 Å². The van der Waals surface area contributed by atoms with Crippen molar-refractivity contribution in [2.75, 3.05) is 13.1 Å². The smallest absolute Gasteiger partial charge is 0.0593 e. The molecule has 1 saturated heterocycles. The Labute approximate surface area is 115 Å². The van der Waals surface area contributed by atoms with Gasteiger partial charge in [-0.2, -0.15) is 0 Å². The van der Waals surface area contributed by atoms with E-state index in [9.17, 15) is 0 Å². The second-order valence-corrected chi connectivity index (χ2v) is 6.91. The molecule has 0 spiro atoms. The third kappa shape index (κ3) is 3.14. The molecule has 0 aliphatic carbocycles. The molecule has 0 aromatic carbocycles. The maximum Gasteiger partial charge on any atom is 0.0593 e. The lowest BCUT2D eigenvalue weighted by molar-refractivity contribution is 0.0827. The SMILES string of the molecule is CCC(N)C(c1cccs1)N1CC(C)CC(C)C1. The fraction of sp³-hybridized carbons (Fsp3) is 0.733. The summed E-state index contributed by atoms with van der Waals surface area (Å²) in [5.41, 5.74) is 6.40. The van der Waals surface area contributed by atoms with Gasteiger partial charge in [-0.05, 0) is 36.1 Å². The fourth-order valence-electron chi connectivity index (χ4n) is 3.28. The molecule has 18 heavy (non-hydrogen) atoms. The molecule has 1 aliphatic rings. The van der Waals surface area contributed by atoms with Gasteiger partial charge in [0.15, 0.2) is 0 Å². The molecule has 1 aromatic rings. The van der Waals surface area contributed by atoms with Crippen LogP contribution in [0.25, 0.3) is 0 Å². The topological polar surface area (TPSA) is 29.3 Å². The Bertz CT molecular complexity index is 339. The van der Waals surface area contributed by atoms with E-state index in [1.165, 1.54) is 24.4 Å². The lowest BCUT2D eigenvalue weighted by Gasteiger charge is -2.42. The van der Waals surface area contributed by atoms with Crippen molar-refractivity contribution in [3.05, 3.63) is 22.4 Å². The van der Waals surface area contributed by atoms with Crippen molar-refractivity contribution in [2.24, 2.45) is 17.6 Å². The van der Waals surface area contributed by atoms with E-state index >= 15 is 0 Å². The predicted molar refractivity (Wildman–Crippen MR) is 79.8 cm³/mol. The Morgan fingerprint density at radius 1 is 1.39 bits per heavy atom. The van der Waals surface area contributed by atoms with E-state index in [1.807, 2.05) is 11.3 Å². The highest BCUT2D eigenvalue weighted by Gasteiger charge is 2.31. The van der Waals surface area contributed by atoms with E-state index in [2.05, 4.69) is 43.2 Å². The maximum atomic E-state index is 6.40. The van der Waals surface area contributed by atoms with Crippen LogP contribution in [0.5, 0.6) is 0 Å². The summed E-state index contributed by atoms with van der Waals surface area (Å²) in [6.07, 6.45) is 2.40. The van der Waals surface area contributed by atoms with Crippen molar-refractivity contribution in [1.29, 1.82) is 0 Å². The van der Waals surface area contributed by atoms with Crippen LogP contribution in [0.3, 0.4) is 0 Å². The van der Waals surface area contributed by atoms with Crippen LogP contribution in [0.4, 0.5) is 0 Å². The Morgan fingerprint density at radius 2 is 2.06 bits per heavy atom. The van der Waals surface area contributed by atoms with Crippen LogP contribution in [0, 0.1) is 11.8 Å². The molecule has 1 aliphatic heterocycles. The molecule has 0 radical (unpaired) electrons. The molecule has 0 saturated carbocycles. The average molecular weight is 266 g/mol. The number of hydrogen-bond donors (Lipinski definition) is 1. The number of hydrogen-bond acceptors (Lipinski definition) is 3. The number of thiophene rings is 1. The zero-order valence-electron chi connectivity index (χ0n) is 11.8. The fourth-order valence-corrected chi connectivity index (χ4v) is 4.22. The van der Waals surface area contributed by atoms with Crippen LogP contribution in [-0.4, -0.2) is 24.0 Å². The van der Waals surface area contributed by atoms with Crippen molar-refractivity contribution in [3.63, 3.8) is 0 Å². The van der Waals surface area contributed by atoms with Crippen LogP contribution < -0.4 is 5.73 Å². The molecule has 102 valence electrons. The summed E-state index contributed by atoms with van der Waals surface area (Å²) < 4.78 is 0. The van der Waals surface area contributed by atoms with Crippen molar-refractivity contribution < 1.29 is 0 Å². The van der Waals surface area contributed by atoms with Gasteiger partial charge >= 0.3 is 0 Å². The monoisotopic (exact) mass is 266 g/mol. The molecule has 3 heteroatoms. The van der Waals surface area contributed by atoms with E-state index in [4.69, 9.17) is 5.73 Å². The third-order valence-electron chi connectivity index (χ3n) is 4.00. The molecule has 1 aromatic heterocycles. The number of likely N-dealkylation sites (tertiary alicyclic amines) is 1. The zero-order valence-corrected chi connectivity index (χ0v) is 12.6. The molecule has 2 nitrogen and oxygen atoms in total. The quantitative estimate of drug-likeness (QED) is 0.903. The number of piperidine rings is 1. The van der Waals surface area contributed by atoms with Crippen molar-refractivity contribution >= 4 is 11.3 Å². The lowest BCUT2D eigenvalue weighted by Crippen LogP contribution is -2.47. The molecule has 4 atom stereocenters. The van der Waals surface area contributed by atoms with Gasteiger partial charge in [-0.1, -0.05) is 26.8 Å². The number of nitrogens with zero attached hydrogens (tertiary/aromatic N) is 1. The largest absolute Gasteiger partial charge is 0.326 e. The van der Waals surface area contributed by atoms with Crippen LogP contribution in [0.1, 0.15) is 44.5 Å². The second-order valence-electron chi connectivity index (χ2n) is 5.93. The number of nitrogens with two attached hydrogens (primary N) is 1. The normalized spacial score (nSPS) is 29.1. The highest BCUT2D eigenvalue weighted by molar-refractivity contribution is 7.10. The van der Waals surface area contributed by atoms with Crippen LogP contribution in [-0.2, 0) is 0 Å². The Balaban J connectivity index is 2.18. The molecule has 2 N–H and O–H groups in total. The van der Waals surface area contributed by atoms with Crippen molar-refractivity contribution in [2.45, 2.75) is 45.7 Å². The second kappa shape index (κ2) is 6.18. The summed E-state index contributed by atoms with van der Waals surface area (Å²) in [5.74, 6) is 1.58. The molecule has 0 bridgehead atoms. The van der Waals surface area contributed by atoms with Gasteiger partial charge < -0.3 is 5.73 Å². The van der Waals surface area contributed by atoms with Gasteiger partial charge in [-0.3, -0.25) is 4.90 Å². The first-order valence-corrected chi connectivity index (χ1v) is 8.02. The van der Waals surface area contributed by atoms with Gasteiger partial charge in [0.1, 0.15) is 0 Å². The Hall–Kier alpha value is -0.380. The lowest BCUT2D eigenvalue weighted by atomic mass is 9.89. The molecular weight excluding hydrogens is 240 g/mol. The van der Waals surface area contributed by atoms with Crippen LogP contribution in [0.2, 0.25) is 0 Å². The van der Waals surface area contributed by atoms with Crippen molar-refractivity contribution in [3.8, 4) is 0 Å². The molecule has 4 unspecified atom stereocenters. The Kier molecular flexibility index (Phi) is 4.82. The van der Waals surface area contributed by atoms with Gasteiger partial charge in [0.25, 0.3) is 0 Å². The average Bonchev–Trinajstić information content (AvgIpc) is 2.81. The van der Waals surface area contributed by atoms with E-state index in [-0.39, 0.29) is 6.04 Å². The Morgan fingerprint density at radius 3 is 2.56 bits per heavy atom. The summed E-state index contributed by atoms with van der Waals surface area (Å²) in [5, 5.41) is 2.17. The zero-order chi connectivity index (χ0) is 13.1. The van der Waals surface area contributed by atoms with Crippen LogP contribution >= 0.6 is 11.3 Å². The first-order valence-electron chi connectivity index (χ1n) is 7.14. The van der Waals surface area contributed by atoms with Gasteiger partial charge in [-0.25, -0.2) is 0 Å². The van der Waals surface area contributed by atoms with Crippen molar-refractivity contribution in [1.82, 2.24) is 4.90 Å². The summed E-state index contributed by atoms with van der Waals surface area (Å²) in [7, 11) is 0. The maximum absolute atomic E-state index is 6.40. The molecule has 2 heterocycles. The minimum absolute atomic E-state index is 0.251. The molecule has 1 fully saturated rings. The first-order chi connectivity index (χ1) is 8.61. The van der Waals surface area contributed by atoms with Gasteiger partial charge in [-0.15, -0.1) is 11.3 Å². The summed E-state index contributed by atoms with van der Waals surface area (Å²) in [6.45, 7) is 9.32. The minimum atomic E-state index is 0.251. The molecular formula is C15H26N2S. The van der Waals surface area contributed by atoms with Gasteiger partial charge in [0, 0.05) is 24.0 Å². The summed E-state index contributed by atoms with van der Waals surface area (Å²) >= 11 is 1.85. The van der Waals surface area contributed by atoms with E-state index in [0.717, 1.165) is 18.3 Å². The van der Waals surface area contributed by atoms with Crippen LogP contribution in [0.15, 0.2) is 17.5 Å². The summed E-state index contributed by atoms with van der Waals surface area (Å²) in [6, 6.07) is 5.06. The number of rotatable bonds is 4. The standard InChI is InChI=1S/C15H26N2S/c1-4-13(16)15(14-6-5-7-18-14)17-9-11(2)8-12(3)10-17/h5-7,11-13,15H,4,8-10,16H2,1-3H3. The molecule has 0 amide bonds. The molecule has 2 rings (SSSR count). The van der Waals surface area contributed by atoms with Gasteiger partial charge in [0.2, 0.25) is 0 Å². The highest BCUT2D eigenvalue weighted by Crippen LogP contribution is 2.33. The van der Waals surface area contributed by atoms with E-state index < -0.39 is 0 Å². The van der Waals surface area contributed by atoms with Gasteiger partial charge in [0.05, 0.1) is 6.04 Å².